The fraction of sp³-hybridized carbons (Fsp3) is 0.308. The summed E-state index contributed by atoms with van der Waals surface area (Å²) in [7, 11) is 1.84. The number of hydrogen-bond donors (Lipinski definition) is 1. The van der Waals surface area contributed by atoms with Gasteiger partial charge in [-0.05, 0) is 40.5 Å². The average molecular weight is 328 g/mol. The van der Waals surface area contributed by atoms with E-state index >= 15 is 0 Å². The Morgan fingerprint density at radius 3 is 2.74 bits per heavy atom. The van der Waals surface area contributed by atoms with E-state index in [1.165, 1.54) is 12.1 Å². The van der Waals surface area contributed by atoms with E-state index in [2.05, 4.69) is 21.0 Å². The fourth-order valence-corrected chi connectivity index (χ4v) is 2.26. The second kappa shape index (κ2) is 5.71. The van der Waals surface area contributed by atoms with E-state index in [1.807, 2.05) is 14.0 Å². The van der Waals surface area contributed by atoms with Crippen molar-refractivity contribution in [1.82, 2.24) is 9.78 Å². The Morgan fingerprint density at radius 2 is 2.16 bits per heavy atom. The molecular weight excluding hydrogens is 313 g/mol. The first-order valence-electron chi connectivity index (χ1n) is 5.81. The standard InChI is InChI=1S/C13H15BrFN3O/c1-8-13(14)12(18(2)17-8)7-19-11-4-9(6-16)3-10(15)5-11/h3-5H,6-7,16H2,1-2H3. The smallest absolute Gasteiger partial charge is 0.131 e. The second-order valence-electron chi connectivity index (χ2n) is 4.26. The van der Waals surface area contributed by atoms with Crippen molar-refractivity contribution in [3.8, 4) is 5.75 Å². The lowest BCUT2D eigenvalue weighted by Gasteiger charge is -2.08. The highest BCUT2D eigenvalue weighted by atomic mass is 79.9. The van der Waals surface area contributed by atoms with Gasteiger partial charge >= 0.3 is 0 Å². The molecule has 0 spiro atoms. The fourth-order valence-electron chi connectivity index (χ4n) is 1.81. The number of halogens is 2. The van der Waals surface area contributed by atoms with Gasteiger partial charge in [-0.25, -0.2) is 4.39 Å². The van der Waals surface area contributed by atoms with Crippen LogP contribution >= 0.6 is 15.9 Å². The minimum Gasteiger partial charge on any atom is -0.487 e. The summed E-state index contributed by atoms with van der Waals surface area (Å²) in [5.74, 6) is 0.115. The number of nitrogens with two attached hydrogens (primary N) is 1. The summed E-state index contributed by atoms with van der Waals surface area (Å²) >= 11 is 3.46. The topological polar surface area (TPSA) is 53.1 Å². The molecule has 1 aromatic carbocycles. The van der Waals surface area contributed by atoms with Crippen molar-refractivity contribution in [1.29, 1.82) is 0 Å². The van der Waals surface area contributed by atoms with Crippen molar-refractivity contribution in [3.05, 3.63) is 45.4 Å². The quantitative estimate of drug-likeness (QED) is 0.939. The van der Waals surface area contributed by atoms with Crippen LogP contribution in [0.15, 0.2) is 22.7 Å². The first-order valence-corrected chi connectivity index (χ1v) is 6.61. The molecule has 6 heteroatoms. The molecule has 1 heterocycles. The van der Waals surface area contributed by atoms with Gasteiger partial charge in [-0.15, -0.1) is 0 Å². The van der Waals surface area contributed by atoms with Crippen LogP contribution < -0.4 is 10.5 Å². The average Bonchev–Trinajstić information content (AvgIpc) is 2.60. The molecule has 0 aliphatic rings. The van der Waals surface area contributed by atoms with Crippen LogP contribution in [0.1, 0.15) is 17.0 Å². The van der Waals surface area contributed by atoms with Gasteiger partial charge in [0.1, 0.15) is 18.2 Å². The molecule has 0 saturated carbocycles. The maximum absolute atomic E-state index is 13.3. The molecule has 0 bridgehead atoms. The predicted octanol–water partition coefficient (Wildman–Crippen LogP) is 2.67. The minimum atomic E-state index is -0.349. The number of benzene rings is 1. The number of ether oxygens (including phenoxy) is 1. The van der Waals surface area contributed by atoms with E-state index in [4.69, 9.17) is 10.5 Å². The molecule has 0 unspecified atom stereocenters. The third-order valence-corrected chi connectivity index (χ3v) is 3.84. The van der Waals surface area contributed by atoms with E-state index < -0.39 is 0 Å². The zero-order valence-corrected chi connectivity index (χ0v) is 12.4. The van der Waals surface area contributed by atoms with Crippen molar-refractivity contribution in [3.63, 3.8) is 0 Å². The summed E-state index contributed by atoms with van der Waals surface area (Å²) in [6, 6.07) is 4.48. The summed E-state index contributed by atoms with van der Waals surface area (Å²) in [6.45, 7) is 2.50. The van der Waals surface area contributed by atoms with Gasteiger partial charge < -0.3 is 10.5 Å². The van der Waals surface area contributed by atoms with Crippen molar-refractivity contribution in [2.45, 2.75) is 20.1 Å². The molecule has 0 atom stereocenters. The zero-order valence-electron chi connectivity index (χ0n) is 10.8. The van der Waals surface area contributed by atoms with Crippen LogP contribution in [0.4, 0.5) is 4.39 Å². The van der Waals surface area contributed by atoms with E-state index in [0.717, 1.165) is 15.9 Å². The molecule has 2 N–H and O–H groups in total. The van der Waals surface area contributed by atoms with Crippen LogP contribution in [0, 0.1) is 12.7 Å². The van der Waals surface area contributed by atoms with Crippen molar-refractivity contribution in [2.24, 2.45) is 12.8 Å². The summed E-state index contributed by atoms with van der Waals surface area (Å²) in [5.41, 5.74) is 8.00. The van der Waals surface area contributed by atoms with Gasteiger partial charge in [0.05, 0.1) is 15.9 Å². The Hall–Kier alpha value is -1.40. The Kier molecular flexibility index (Phi) is 4.21. The third kappa shape index (κ3) is 3.13. The highest BCUT2D eigenvalue weighted by Gasteiger charge is 2.11. The molecular formula is C13H15BrFN3O. The van der Waals surface area contributed by atoms with Crippen LogP contribution in [0.25, 0.3) is 0 Å². The van der Waals surface area contributed by atoms with Gasteiger partial charge in [0.15, 0.2) is 0 Å². The van der Waals surface area contributed by atoms with Gasteiger partial charge in [0.2, 0.25) is 0 Å². The Balaban J connectivity index is 2.16. The van der Waals surface area contributed by atoms with Crippen molar-refractivity contribution >= 4 is 15.9 Å². The first-order chi connectivity index (χ1) is 9.01. The van der Waals surface area contributed by atoms with Gasteiger partial charge in [-0.3, -0.25) is 4.68 Å². The Morgan fingerprint density at radius 1 is 1.42 bits per heavy atom. The van der Waals surface area contributed by atoms with Gasteiger partial charge in [0.25, 0.3) is 0 Å². The Bertz CT molecular complexity index is 598. The molecule has 19 heavy (non-hydrogen) atoms. The van der Waals surface area contributed by atoms with Crippen molar-refractivity contribution in [2.75, 3.05) is 0 Å². The summed E-state index contributed by atoms with van der Waals surface area (Å²) < 4.78 is 21.6. The largest absolute Gasteiger partial charge is 0.487 e. The molecule has 2 rings (SSSR count). The maximum atomic E-state index is 13.3. The number of nitrogens with zero attached hydrogens (tertiary/aromatic N) is 2. The molecule has 0 radical (unpaired) electrons. The monoisotopic (exact) mass is 327 g/mol. The lowest BCUT2D eigenvalue weighted by Crippen LogP contribution is -2.04. The highest BCUT2D eigenvalue weighted by Crippen LogP contribution is 2.23. The summed E-state index contributed by atoms with van der Waals surface area (Å²) in [6.07, 6.45) is 0. The molecule has 0 aliphatic carbocycles. The molecule has 0 aliphatic heterocycles. The molecule has 0 saturated heterocycles. The lowest BCUT2D eigenvalue weighted by atomic mass is 10.2. The van der Waals surface area contributed by atoms with E-state index in [0.29, 0.717) is 17.9 Å². The van der Waals surface area contributed by atoms with Gasteiger partial charge in [-0.2, -0.15) is 5.10 Å². The molecule has 0 fully saturated rings. The molecule has 102 valence electrons. The zero-order chi connectivity index (χ0) is 14.0. The van der Waals surface area contributed by atoms with E-state index in [9.17, 15) is 4.39 Å². The molecule has 4 nitrogen and oxygen atoms in total. The number of aryl methyl sites for hydroxylation is 2. The summed E-state index contributed by atoms with van der Waals surface area (Å²) in [5, 5.41) is 4.27. The lowest BCUT2D eigenvalue weighted by molar-refractivity contribution is 0.292. The highest BCUT2D eigenvalue weighted by molar-refractivity contribution is 9.10. The van der Waals surface area contributed by atoms with Crippen molar-refractivity contribution < 1.29 is 9.13 Å². The first kappa shape index (κ1) is 14.0. The molecule has 1 aromatic heterocycles. The van der Waals surface area contributed by atoms with Crippen LogP contribution in [0.3, 0.4) is 0 Å². The minimum absolute atomic E-state index is 0.280. The van der Waals surface area contributed by atoms with Crippen LogP contribution in [0.2, 0.25) is 0 Å². The third-order valence-electron chi connectivity index (χ3n) is 2.80. The number of hydrogen-bond acceptors (Lipinski definition) is 3. The van der Waals surface area contributed by atoms with E-state index in [-0.39, 0.29) is 12.4 Å². The van der Waals surface area contributed by atoms with Gasteiger partial charge in [0, 0.05) is 19.7 Å². The second-order valence-corrected chi connectivity index (χ2v) is 5.05. The predicted molar refractivity (Wildman–Crippen MR) is 74.3 cm³/mol. The summed E-state index contributed by atoms with van der Waals surface area (Å²) in [4.78, 5) is 0. The van der Waals surface area contributed by atoms with E-state index in [1.54, 1.807) is 10.7 Å². The van der Waals surface area contributed by atoms with Gasteiger partial charge in [-0.1, -0.05) is 0 Å². The number of rotatable bonds is 4. The number of aromatic nitrogens is 2. The normalized spacial score (nSPS) is 10.8. The van der Waals surface area contributed by atoms with Crippen LogP contribution in [-0.4, -0.2) is 9.78 Å². The Labute approximate surface area is 119 Å². The molecule has 2 aromatic rings. The molecule has 0 amide bonds. The van der Waals surface area contributed by atoms with Crippen LogP contribution in [0.5, 0.6) is 5.75 Å². The SMILES string of the molecule is Cc1nn(C)c(COc2cc(F)cc(CN)c2)c1Br. The van der Waals surface area contributed by atoms with Crippen LogP contribution in [-0.2, 0) is 20.2 Å². The maximum Gasteiger partial charge on any atom is 0.131 e.